The number of imidazole rings is 1. The fraction of sp³-hybridized carbons (Fsp3) is 0.861. The molecule has 38 heavy (non-hydrogen) atoms. The first-order chi connectivity index (χ1) is 18.8. The summed E-state index contributed by atoms with van der Waals surface area (Å²) in [6, 6.07) is 0.700. The second-order valence-corrected chi connectivity index (χ2v) is 12.2. The van der Waals surface area contributed by atoms with Crippen LogP contribution in [-0.2, 0) is 7.05 Å². The fourth-order valence-electron chi connectivity index (χ4n) is 5.80. The number of hydrogen-bond acceptors (Lipinski definition) is 0. The SMILES string of the molecule is CCCCCCC/C=C\CCCCCCCCC(CCCCCCCCCCCCCC)[n+]1ccn(C)c1. The molecular formula is C36H69N2+. The van der Waals surface area contributed by atoms with Crippen LogP contribution in [0.2, 0.25) is 0 Å². The summed E-state index contributed by atoms with van der Waals surface area (Å²) in [7, 11) is 2.15. The summed E-state index contributed by atoms with van der Waals surface area (Å²) in [6.07, 6.45) is 49.7. The Morgan fingerprint density at radius 1 is 0.526 bits per heavy atom. The summed E-state index contributed by atoms with van der Waals surface area (Å²) >= 11 is 0. The molecule has 1 rings (SSSR count). The summed E-state index contributed by atoms with van der Waals surface area (Å²) in [6.45, 7) is 4.60. The maximum atomic E-state index is 2.49. The van der Waals surface area contributed by atoms with Crippen molar-refractivity contribution < 1.29 is 4.57 Å². The second-order valence-electron chi connectivity index (χ2n) is 12.2. The quantitative estimate of drug-likeness (QED) is 0.0554. The van der Waals surface area contributed by atoms with Crippen LogP contribution < -0.4 is 4.57 Å². The van der Waals surface area contributed by atoms with Crippen molar-refractivity contribution in [3.63, 3.8) is 0 Å². The van der Waals surface area contributed by atoms with Crippen LogP contribution in [0.1, 0.15) is 193 Å². The molecule has 2 heteroatoms. The average Bonchev–Trinajstić information content (AvgIpc) is 3.36. The molecule has 0 radical (unpaired) electrons. The number of aromatic nitrogens is 2. The fourth-order valence-corrected chi connectivity index (χ4v) is 5.80. The Hall–Kier alpha value is -1.05. The number of allylic oxidation sites excluding steroid dienone is 2. The predicted octanol–water partition coefficient (Wildman–Crippen LogP) is 12.0. The lowest BCUT2D eigenvalue weighted by Crippen LogP contribution is -2.37. The molecule has 0 aliphatic heterocycles. The smallest absolute Gasteiger partial charge is 0.240 e. The molecule has 0 saturated heterocycles. The number of unbranched alkanes of at least 4 members (excludes halogenated alkanes) is 22. The maximum absolute atomic E-state index is 2.49. The van der Waals surface area contributed by atoms with E-state index in [4.69, 9.17) is 0 Å². The Bertz CT molecular complexity index is 617. The van der Waals surface area contributed by atoms with E-state index in [9.17, 15) is 0 Å². The van der Waals surface area contributed by atoms with E-state index in [1.165, 1.54) is 173 Å². The molecule has 0 N–H and O–H groups in total. The molecule has 1 heterocycles. The zero-order chi connectivity index (χ0) is 27.4. The number of rotatable bonds is 29. The van der Waals surface area contributed by atoms with E-state index in [1.54, 1.807) is 0 Å². The number of aryl methyl sites for hydroxylation is 1. The van der Waals surface area contributed by atoms with Crippen LogP contribution in [0.5, 0.6) is 0 Å². The van der Waals surface area contributed by atoms with Crippen LogP contribution in [-0.4, -0.2) is 4.57 Å². The lowest BCUT2D eigenvalue weighted by molar-refractivity contribution is -0.724. The predicted molar refractivity (Wildman–Crippen MR) is 170 cm³/mol. The molecule has 0 spiro atoms. The van der Waals surface area contributed by atoms with E-state index in [0.29, 0.717) is 6.04 Å². The van der Waals surface area contributed by atoms with Crippen molar-refractivity contribution in [1.29, 1.82) is 0 Å². The molecular weight excluding hydrogens is 460 g/mol. The normalized spacial score (nSPS) is 12.6. The van der Waals surface area contributed by atoms with Gasteiger partial charge in [0.05, 0.1) is 7.05 Å². The largest absolute Gasteiger partial charge is 0.243 e. The van der Waals surface area contributed by atoms with Gasteiger partial charge in [-0.15, -0.1) is 0 Å². The first-order valence-corrected chi connectivity index (χ1v) is 17.5. The second kappa shape index (κ2) is 27.5. The minimum Gasteiger partial charge on any atom is -0.240 e. The third-order valence-corrected chi connectivity index (χ3v) is 8.40. The Kier molecular flexibility index (Phi) is 25.3. The highest BCUT2D eigenvalue weighted by Crippen LogP contribution is 2.20. The number of hydrogen-bond donors (Lipinski definition) is 0. The van der Waals surface area contributed by atoms with Gasteiger partial charge in [0.2, 0.25) is 6.33 Å². The standard InChI is InChI=1S/C36H69N2/c1-4-6-8-10-12-14-16-18-19-20-22-24-26-28-30-32-36(38-34-33-37(3)35-38)31-29-27-25-23-21-17-15-13-11-9-7-5-2/h16,18,33-36H,4-15,17,19-32H2,1-3H3/q+1/b18-16-. The van der Waals surface area contributed by atoms with E-state index >= 15 is 0 Å². The van der Waals surface area contributed by atoms with Gasteiger partial charge < -0.3 is 0 Å². The molecule has 0 aromatic carbocycles. The van der Waals surface area contributed by atoms with Gasteiger partial charge in [-0.3, -0.25) is 0 Å². The molecule has 0 aliphatic rings. The third-order valence-electron chi connectivity index (χ3n) is 8.40. The van der Waals surface area contributed by atoms with Gasteiger partial charge in [0.1, 0.15) is 18.4 Å². The van der Waals surface area contributed by atoms with Gasteiger partial charge in [0, 0.05) is 0 Å². The van der Waals surface area contributed by atoms with Crippen molar-refractivity contribution in [1.82, 2.24) is 4.57 Å². The van der Waals surface area contributed by atoms with Gasteiger partial charge in [-0.05, 0) is 51.4 Å². The molecule has 1 aromatic heterocycles. The molecule has 1 aromatic rings. The Morgan fingerprint density at radius 3 is 1.26 bits per heavy atom. The van der Waals surface area contributed by atoms with Crippen molar-refractivity contribution >= 4 is 0 Å². The van der Waals surface area contributed by atoms with E-state index < -0.39 is 0 Å². The van der Waals surface area contributed by atoms with E-state index in [0.717, 1.165) is 0 Å². The molecule has 1 unspecified atom stereocenters. The summed E-state index contributed by atoms with van der Waals surface area (Å²) in [5, 5.41) is 0. The summed E-state index contributed by atoms with van der Waals surface area (Å²) < 4.78 is 4.70. The van der Waals surface area contributed by atoms with Crippen LogP contribution in [0, 0.1) is 0 Å². The lowest BCUT2D eigenvalue weighted by atomic mass is 9.99. The van der Waals surface area contributed by atoms with Gasteiger partial charge >= 0.3 is 0 Å². The summed E-state index contributed by atoms with van der Waals surface area (Å²) in [5.74, 6) is 0. The molecule has 0 saturated carbocycles. The Balaban J connectivity index is 2.03. The molecule has 222 valence electrons. The monoisotopic (exact) mass is 530 g/mol. The topological polar surface area (TPSA) is 8.81 Å². The van der Waals surface area contributed by atoms with Gasteiger partial charge in [0.15, 0.2) is 0 Å². The lowest BCUT2D eigenvalue weighted by Gasteiger charge is -2.14. The Labute approximate surface area is 240 Å². The van der Waals surface area contributed by atoms with Gasteiger partial charge in [-0.1, -0.05) is 148 Å². The Morgan fingerprint density at radius 2 is 0.895 bits per heavy atom. The summed E-state index contributed by atoms with van der Waals surface area (Å²) in [5.41, 5.74) is 0. The van der Waals surface area contributed by atoms with Gasteiger partial charge in [-0.2, -0.15) is 0 Å². The maximum Gasteiger partial charge on any atom is 0.243 e. The van der Waals surface area contributed by atoms with Crippen molar-refractivity contribution in [2.75, 3.05) is 0 Å². The zero-order valence-electron chi connectivity index (χ0n) is 26.5. The number of nitrogens with zero attached hydrogens (tertiary/aromatic N) is 2. The minimum atomic E-state index is 0.700. The average molecular weight is 530 g/mol. The highest BCUT2D eigenvalue weighted by atomic mass is 15.1. The van der Waals surface area contributed by atoms with Gasteiger partial charge in [0.25, 0.3) is 0 Å². The van der Waals surface area contributed by atoms with Crippen molar-refractivity contribution in [3.05, 3.63) is 30.9 Å². The van der Waals surface area contributed by atoms with Crippen LogP contribution in [0.4, 0.5) is 0 Å². The van der Waals surface area contributed by atoms with Crippen LogP contribution >= 0.6 is 0 Å². The van der Waals surface area contributed by atoms with E-state index in [-0.39, 0.29) is 0 Å². The molecule has 0 fully saturated rings. The molecule has 0 amide bonds. The van der Waals surface area contributed by atoms with Crippen LogP contribution in [0.15, 0.2) is 30.9 Å². The first kappa shape index (κ1) is 35.0. The van der Waals surface area contributed by atoms with Crippen molar-refractivity contribution in [3.8, 4) is 0 Å². The molecule has 0 bridgehead atoms. The molecule has 2 nitrogen and oxygen atoms in total. The van der Waals surface area contributed by atoms with Crippen molar-refractivity contribution in [2.24, 2.45) is 7.05 Å². The molecule has 0 aliphatic carbocycles. The first-order valence-electron chi connectivity index (χ1n) is 17.5. The van der Waals surface area contributed by atoms with Gasteiger partial charge in [-0.25, -0.2) is 9.13 Å². The van der Waals surface area contributed by atoms with Crippen LogP contribution in [0.3, 0.4) is 0 Å². The highest BCUT2D eigenvalue weighted by Gasteiger charge is 2.15. The van der Waals surface area contributed by atoms with E-state index in [1.807, 2.05) is 0 Å². The summed E-state index contributed by atoms with van der Waals surface area (Å²) in [4.78, 5) is 0. The van der Waals surface area contributed by atoms with Crippen molar-refractivity contribution in [2.45, 2.75) is 193 Å². The highest BCUT2D eigenvalue weighted by molar-refractivity contribution is 4.81. The third kappa shape index (κ3) is 21.8. The minimum absolute atomic E-state index is 0.700. The molecule has 1 atom stereocenters. The van der Waals surface area contributed by atoms with E-state index in [2.05, 4.69) is 60.9 Å². The zero-order valence-corrected chi connectivity index (χ0v) is 26.5. The van der Waals surface area contributed by atoms with Crippen LogP contribution in [0.25, 0.3) is 0 Å².